The van der Waals surface area contributed by atoms with Crippen molar-refractivity contribution in [3.8, 4) is 5.69 Å². The zero-order valence-electron chi connectivity index (χ0n) is 22.2. The minimum absolute atomic E-state index is 0.0176. The topological polar surface area (TPSA) is 109 Å². The van der Waals surface area contributed by atoms with Gasteiger partial charge in [-0.05, 0) is 55.3 Å². The predicted octanol–water partition coefficient (Wildman–Crippen LogP) is 4.42. The first-order chi connectivity index (χ1) is 19.1. The third-order valence-electron chi connectivity index (χ3n) is 7.03. The maximum Gasteiger partial charge on any atom is 0.296 e. The smallest absolute Gasteiger partial charge is 0.296 e. The molecule has 2 heterocycles. The van der Waals surface area contributed by atoms with Crippen LogP contribution in [-0.2, 0) is 23.5 Å². The van der Waals surface area contributed by atoms with Crippen molar-refractivity contribution in [1.82, 2.24) is 19.7 Å². The van der Waals surface area contributed by atoms with Crippen molar-refractivity contribution >= 4 is 44.1 Å². The van der Waals surface area contributed by atoms with Gasteiger partial charge >= 0.3 is 0 Å². The summed E-state index contributed by atoms with van der Waals surface area (Å²) in [6.45, 7) is 2.02. The second-order valence-electron chi connectivity index (χ2n) is 9.39. The molecular weight excluding hydrogens is 550 g/mol. The maximum absolute atomic E-state index is 13.7. The summed E-state index contributed by atoms with van der Waals surface area (Å²) in [5, 5.41) is 3.88. The van der Waals surface area contributed by atoms with Crippen molar-refractivity contribution in [3.63, 3.8) is 0 Å². The van der Waals surface area contributed by atoms with E-state index in [2.05, 4.69) is 10.3 Å². The summed E-state index contributed by atoms with van der Waals surface area (Å²) in [4.78, 5) is 29.3. The van der Waals surface area contributed by atoms with Crippen LogP contribution in [0, 0.1) is 6.92 Å². The number of aromatic nitrogens is 3. The van der Waals surface area contributed by atoms with Gasteiger partial charge in [0.25, 0.3) is 21.5 Å². The minimum Gasteiger partial charge on any atom is -0.361 e. The minimum atomic E-state index is -4.30. The van der Waals surface area contributed by atoms with Gasteiger partial charge < -0.3 is 10.3 Å². The molecule has 0 bridgehead atoms. The highest BCUT2D eigenvalue weighted by Gasteiger charge is 2.31. The van der Waals surface area contributed by atoms with Crippen LogP contribution in [0.4, 0.5) is 5.69 Å². The molecule has 0 saturated carbocycles. The molecule has 11 heteroatoms. The molecule has 0 radical (unpaired) electrons. The third kappa shape index (κ3) is 4.80. The normalized spacial score (nSPS) is 11.6. The number of amides is 1. The number of hydrogen-bond acceptors (Lipinski definition) is 4. The Balaban J connectivity index is 1.39. The van der Waals surface area contributed by atoms with Gasteiger partial charge in [0.1, 0.15) is 10.6 Å². The lowest BCUT2D eigenvalue weighted by atomic mass is 10.1. The SMILES string of the molecule is Cc1c(N(C)S(=O)(=O)c2cc(C(=O)NCCc3c[nH]c4ccccc34)ccc2Cl)c(=O)n(-c2ccccc2)n1C. The molecule has 0 aliphatic carbocycles. The van der Waals surface area contributed by atoms with Crippen LogP contribution in [0.5, 0.6) is 0 Å². The van der Waals surface area contributed by atoms with Crippen LogP contribution in [0.2, 0.25) is 5.02 Å². The van der Waals surface area contributed by atoms with E-state index in [1.165, 1.54) is 29.9 Å². The Bertz CT molecular complexity index is 1890. The number of fused-ring (bicyclic) bond motifs is 1. The van der Waals surface area contributed by atoms with Gasteiger partial charge in [0.05, 0.1) is 16.4 Å². The second-order valence-corrected chi connectivity index (χ2v) is 11.7. The number of carbonyl (C=O) groups excluding carboxylic acids is 1. The van der Waals surface area contributed by atoms with E-state index in [1.54, 1.807) is 42.9 Å². The second kappa shape index (κ2) is 10.7. The Morgan fingerprint density at radius 2 is 1.75 bits per heavy atom. The molecule has 0 unspecified atom stereocenters. The summed E-state index contributed by atoms with van der Waals surface area (Å²) in [6.07, 6.45) is 2.51. The first kappa shape index (κ1) is 27.3. The van der Waals surface area contributed by atoms with Crippen LogP contribution in [-0.4, -0.2) is 42.3 Å². The van der Waals surface area contributed by atoms with E-state index in [0.29, 0.717) is 24.3 Å². The molecule has 0 aliphatic heterocycles. The van der Waals surface area contributed by atoms with Crippen molar-refractivity contribution in [2.45, 2.75) is 18.2 Å². The van der Waals surface area contributed by atoms with Crippen LogP contribution in [0.25, 0.3) is 16.6 Å². The zero-order chi connectivity index (χ0) is 28.6. The van der Waals surface area contributed by atoms with Gasteiger partial charge in [0.15, 0.2) is 0 Å². The van der Waals surface area contributed by atoms with Gasteiger partial charge in [-0.1, -0.05) is 48.0 Å². The lowest BCUT2D eigenvalue weighted by molar-refractivity contribution is 0.0954. The van der Waals surface area contributed by atoms with Crippen LogP contribution >= 0.6 is 11.6 Å². The molecule has 0 saturated heterocycles. The fraction of sp³-hybridized carbons (Fsp3) is 0.172. The Labute approximate surface area is 236 Å². The first-order valence-electron chi connectivity index (χ1n) is 12.6. The summed E-state index contributed by atoms with van der Waals surface area (Å²) in [5.41, 5.74) is 2.75. The molecule has 0 fully saturated rings. The van der Waals surface area contributed by atoms with Gasteiger partial charge in [-0.25, -0.2) is 13.1 Å². The average Bonchev–Trinajstić information content (AvgIpc) is 3.46. The highest BCUT2D eigenvalue weighted by atomic mass is 35.5. The van der Waals surface area contributed by atoms with Gasteiger partial charge in [-0.2, -0.15) is 0 Å². The first-order valence-corrected chi connectivity index (χ1v) is 14.4. The molecule has 206 valence electrons. The number of sulfonamides is 1. The number of nitrogens with one attached hydrogen (secondary N) is 2. The summed E-state index contributed by atoms with van der Waals surface area (Å²) in [7, 11) is -1.31. The van der Waals surface area contributed by atoms with Crippen molar-refractivity contribution in [2.24, 2.45) is 7.05 Å². The number of nitrogens with zero attached hydrogens (tertiary/aromatic N) is 3. The molecule has 0 spiro atoms. The quantitative estimate of drug-likeness (QED) is 0.284. The number of rotatable bonds is 8. The van der Waals surface area contributed by atoms with E-state index >= 15 is 0 Å². The van der Waals surface area contributed by atoms with Crippen LogP contribution < -0.4 is 15.2 Å². The summed E-state index contributed by atoms with van der Waals surface area (Å²) < 4.78 is 31.4. The molecule has 1 amide bonds. The molecule has 0 atom stereocenters. The molecule has 5 rings (SSSR count). The van der Waals surface area contributed by atoms with E-state index in [0.717, 1.165) is 20.8 Å². The molecule has 40 heavy (non-hydrogen) atoms. The number of benzene rings is 3. The number of carbonyl (C=O) groups is 1. The molecule has 0 aliphatic rings. The number of H-pyrrole nitrogens is 1. The standard InChI is InChI=1S/C29H28ClN5O4S/c1-19-27(29(37)35(33(19)2)22-9-5-4-6-10-22)34(3)40(38,39)26-17-20(13-14-24(26)30)28(36)31-16-15-21-18-32-25-12-8-7-11-23(21)25/h4-14,17-18,32H,15-16H2,1-3H3,(H,31,36). The number of halogens is 1. The molecular formula is C29H28ClN5O4S. The Kier molecular flexibility index (Phi) is 7.31. The van der Waals surface area contributed by atoms with Crippen molar-refractivity contribution in [2.75, 3.05) is 17.9 Å². The molecule has 2 aromatic heterocycles. The van der Waals surface area contributed by atoms with E-state index in [-0.39, 0.29) is 21.2 Å². The van der Waals surface area contributed by atoms with Crippen molar-refractivity contribution in [1.29, 1.82) is 0 Å². The van der Waals surface area contributed by atoms with Crippen LogP contribution in [0.15, 0.2) is 88.7 Å². The van der Waals surface area contributed by atoms with Gasteiger partial charge in [0.2, 0.25) is 0 Å². The lowest BCUT2D eigenvalue weighted by Gasteiger charge is -2.19. The van der Waals surface area contributed by atoms with Gasteiger partial charge in [-0.15, -0.1) is 0 Å². The molecule has 9 nitrogen and oxygen atoms in total. The van der Waals surface area contributed by atoms with Crippen molar-refractivity contribution < 1.29 is 13.2 Å². The Hall–Kier alpha value is -4.28. The van der Waals surface area contributed by atoms with E-state index in [4.69, 9.17) is 11.6 Å². The van der Waals surface area contributed by atoms with Gasteiger partial charge in [0, 0.05) is 43.3 Å². The monoisotopic (exact) mass is 577 g/mol. The van der Waals surface area contributed by atoms with Crippen LogP contribution in [0.1, 0.15) is 21.6 Å². The molecule has 5 aromatic rings. The average molecular weight is 578 g/mol. The van der Waals surface area contributed by atoms with Gasteiger partial charge in [-0.3, -0.25) is 18.6 Å². The Morgan fingerprint density at radius 3 is 2.50 bits per heavy atom. The highest BCUT2D eigenvalue weighted by molar-refractivity contribution is 7.93. The number of aromatic amines is 1. The molecule has 2 N–H and O–H groups in total. The number of para-hydroxylation sites is 2. The van der Waals surface area contributed by atoms with Crippen LogP contribution in [0.3, 0.4) is 0 Å². The van der Waals surface area contributed by atoms with E-state index in [1.807, 2.05) is 36.5 Å². The van der Waals surface area contributed by atoms with E-state index < -0.39 is 21.5 Å². The summed E-state index contributed by atoms with van der Waals surface area (Å²) in [5.74, 6) is -0.432. The highest BCUT2D eigenvalue weighted by Crippen LogP contribution is 2.29. The number of hydrogen-bond donors (Lipinski definition) is 2. The zero-order valence-corrected chi connectivity index (χ0v) is 23.8. The van der Waals surface area contributed by atoms with E-state index in [9.17, 15) is 18.0 Å². The fourth-order valence-corrected chi connectivity index (χ4v) is 6.52. The predicted molar refractivity (Wildman–Crippen MR) is 157 cm³/mol. The molecule has 3 aromatic carbocycles. The Morgan fingerprint density at radius 1 is 1.05 bits per heavy atom. The maximum atomic E-state index is 13.7. The lowest BCUT2D eigenvalue weighted by Crippen LogP contribution is -2.32. The largest absolute Gasteiger partial charge is 0.361 e. The van der Waals surface area contributed by atoms with Crippen molar-refractivity contribution in [3.05, 3.63) is 111 Å². The number of anilines is 1. The summed E-state index contributed by atoms with van der Waals surface area (Å²) in [6, 6.07) is 20.9. The fourth-order valence-electron chi connectivity index (χ4n) is 4.78. The third-order valence-corrected chi connectivity index (χ3v) is 9.26. The summed E-state index contributed by atoms with van der Waals surface area (Å²) >= 11 is 6.33.